The number of pyridine rings is 1. The molecule has 3 aromatic rings. The summed E-state index contributed by atoms with van der Waals surface area (Å²) in [6.07, 6.45) is 3.02. The van der Waals surface area contributed by atoms with Crippen LogP contribution < -0.4 is 5.32 Å². The molecule has 0 saturated heterocycles. The molecule has 0 radical (unpaired) electrons. The number of amides is 1. The third-order valence-corrected chi connectivity index (χ3v) is 4.43. The van der Waals surface area contributed by atoms with E-state index in [1.807, 2.05) is 42.5 Å². The summed E-state index contributed by atoms with van der Waals surface area (Å²) in [5.74, 6) is 0.460. The molecule has 5 nitrogen and oxygen atoms in total. The molecule has 6 heteroatoms. The molecule has 2 aromatic heterocycles. The second-order valence-electron chi connectivity index (χ2n) is 5.74. The van der Waals surface area contributed by atoms with Gasteiger partial charge in [0.25, 0.3) is 0 Å². The van der Waals surface area contributed by atoms with Gasteiger partial charge in [-0.1, -0.05) is 36.2 Å². The predicted molar refractivity (Wildman–Crippen MR) is 89.4 cm³/mol. The van der Waals surface area contributed by atoms with E-state index in [9.17, 15) is 4.79 Å². The van der Waals surface area contributed by atoms with Crippen LogP contribution in [0.3, 0.4) is 0 Å². The Labute approximate surface area is 138 Å². The fourth-order valence-electron chi connectivity index (χ4n) is 2.71. The van der Waals surface area contributed by atoms with Crippen molar-refractivity contribution in [2.75, 3.05) is 5.32 Å². The maximum absolute atomic E-state index is 12.1. The Kier molecular flexibility index (Phi) is 3.50. The van der Waals surface area contributed by atoms with Crippen LogP contribution in [0.2, 0.25) is 5.02 Å². The SMILES string of the molecule is O=C(Nc1nc2cccc(-c3cccc(Cl)c3)n2n1)C1CCC1. The molecule has 1 aliphatic carbocycles. The normalized spacial score (nSPS) is 14.7. The molecular formula is C17H15ClN4O. The first-order valence-corrected chi connectivity index (χ1v) is 8.01. The van der Waals surface area contributed by atoms with Gasteiger partial charge >= 0.3 is 0 Å². The molecule has 0 bridgehead atoms. The molecular weight excluding hydrogens is 312 g/mol. The van der Waals surface area contributed by atoms with Crippen LogP contribution in [-0.4, -0.2) is 20.5 Å². The van der Waals surface area contributed by atoms with Gasteiger partial charge in [0, 0.05) is 16.5 Å². The van der Waals surface area contributed by atoms with Gasteiger partial charge in [0.1, 0.15) is 0 Å². The van der Waals surface area contributed by atoms with Crippen molar-refractivity contribution in [3.8, 4) is 11.3 Å². The van der Waals surface area contributed by atoms with Gasteiger partial charge in [-0.25, -0.2) is 4.52 Å². The quantitative estimate of drug-likeness (QED) is 0.796. The first-order valence-electron chi connectivity index (χ1n) is 7.63. The van der Waals surface area contributed by atoms with E-state index in [0.29, 0.717) is 16.6 Å². The molecule has 1 aromatic carbocycles. The van der Waals surface area contributed by atoms with Crippen molar-refractivity contribution >= 4 is 29.1 Å². The van der Waals surface area contributed by atoms with Crippen molar-refractivity contribution in [2.24, 2.45) is 5.92 Å². The van der Waals surface area contributed by atoms with Crippen LogP contribution in [0, 0.1) is 5.92 Å². The van der Waals surface area contributed by atoms with Gasteiger partial charge in [-0.3, -0.25) is 10.1 Å². The van der Waals surface area contributed by atoms with Crippen molar-refractivity contribution in [3.05, 3.63) is 47.5 Å². The average Bonchev–Trinajstić information content (AvgIpc) is 2.87. The molecule has 0 spiro atoms. The first kappa shape index (κ1) is 14.2. The number of halogens is 1. The first-order chi connectivity index (χ1) is 11.2. The molecule has 2 heterocycles. The summed E-state index contributed by atoms with van der Waals surface area (Å²) in [4.78, 5) is 16.4. The number of aromatic nitrogens is 3. The maximum Gasteiger partial charge on any atom is 0.249 e. The Morgan fingerprint density at radius 1 is 1.22 bits per heavy atom. The highest BCUT2D eigenvalue weighted by Crippen LogP contribution is 2.28. The number of benzene rings is 1. The maximum atomic E-state index is 12.1. The van der Waals surface area contributed by atoms with Crippen molar-refractivity contribution in [3.63, 3.8) is 0 Å². The molecule has 1 fully saturated rings. The molecule has 4 rings (SSSR count). The van der Waals surface area contributed by atoms with Crippen LogP contribution in [0.1, 0.15) is 19.3 Å². The standard InChI is InChI=1S/C17H15ClN4O/c18-13-7-2-6-12(10-13)14-8-3-9-15-19-17(21-22(14)15)20-16(23)11-4-1-5-11/h2-3,6-11H,1,4-5H2,(H,20,21,23). The average molecular weight is 327 g/mol. The Bertz CT molecular complexity index is 885. The topological polar surface area (TPSA) is 59.3 Å². The summed E-state index contributed by atoms with van der Waals surface area (Å²) in [7, 11) is 0. The lowest BCUT2D eigenvalue weighted by Crippen LogP contribution is -2.28. The van der Waals surface area contributed by atoms with Gasteiger partial charge in [-0.15, -0.1) is 5.10 Å². The van der Waals surface area contributed by atoms with Crippen LogP contribution in [0.4, 0.5) is 5.95 Å². The number of anilines is 1. The fraction of sp³-hybridized carbons (Fsp3) is 0.235. The monoisotopic (exact) mass is 326 g/mol. The van der Waals surface area contributed by atoms with Gasteiger partial charge < -0.3 is 0 Å². The van der Waals surface area contributed by atoms with Crippen LogP contribution in [-0.2, 0) is 4.79 Å². The van der Waals surface area contributed by atoms with Crippen molar-refractivity contribution in [1.82, 2.24) is 14.6 Å². The van der Waals surface area contributed by atoms with E-state index >= 15 is 0 Å². The molecule has 0 atom stereocenters. The van der Waals surface area contributed by atoms with Crippen molar-refractivity contribution < 1.29 is 4.79 Å². The second kappa shape index (κ2) is 5.66. The summed E-state index contributed by atoms with van der Waals surface area (Å²) in [6.45, 7) is 0. The van der Waals surface area contributed by atoms with E-state index in [4.69, 9.17) is 11.6 Å². The summed E-state index contributed by atoms with van der Waals surface area (Å²) >= 11 is 6.07. The van der Waals surface area contributed by atoms with E-state index in [1.165, 1.54) is 0 Å². The Morgan fingerprint density at radius 3 is 2.78 bits per heavy atom. The molecule has 0 aliphatic heterocycles. The Balaban J connectivity index is 1.71. The number of carbonyl (C=O) groups excluding carboxylic acids is 1. The zero-order valence-electron chi connectivity index (χ0n) is 12.4. The molecule has 1 saturated carbocycles. The summed E-state index contributed by atoms with van der Waals surface area (Å²) < 4.78 is 1.72. The van der Waals surface area contributed by atoms with E-state index in [2.05, 4.69) is 15.4 Å². The minimum absolute atomic E-state index is 0.0106. The number of rotatable bonds is 3. The van der Waals surface area contributed by atoms with Crippen LogP contribution >= 0.6 is 11.6 Å². The Morgan fingerprint density at radius 2 is 2.04 bits per heavy atom. The number of nitrogens with one attached hydrogen (secondary N) is 1. The fourth-order valence-corrected chi connectivity index (χ4v) is 2.90. The largest absolute Gasteiger partial charge is 0.293 e. The Hall–Kier alpha value is -2.40. The van der Waals surface area contributed by atoms with Crippen molar-refractivity contribution in [2.45, 2.75) is 19.3 Å². The molecule has 1 N–H and O–H groups in total. The van der Waals surface area contributed by atoms with Crippen LogP contribution in [0.5, 0.6) is 0 Å². The van der Waals surface area contributed by atoms with E-state index < -0.39 is 0 Å². The third kappa shape index (κ3) is 2.68. The number of fused-ring (bicyclic) bond motifs is 1. The number of hydrogen-bond donors (Lipinski definition) is 1. The lowest BCUT2D eigenvalue weighted by atomic mass is 9.85. The number of nitrogens with zero attached hydrogens (tertiary/aromatic N) is 3. The van der Waals surface area contributed by atoms with Gasteiger partial charge in [0.2, 0.25) is 11.9 Å². The van der Waals surface area contributed by atoms with E-state index in [1.54, 1.807) is 4.52 Å². The van der Waals surface area contributed by atoms with E-state index in [0.717, 1.165) is 30.5 Å². The second-order valence-corrected chi connectivity index (χ2v) is 6.18. The van der Waals surface area contributed by atoms with Gasteiger partial charge in [0.15, 0.2) is 5.65 Å². The molecule has 1 amide bonds. The lowest BCUT2D eigenvalue weighted by molar-refractivity contribution is -0.122. The van der Waals surface area contributed by atoms with E-state index in [-0.39, 0.29) is 11.8 Å². The predicted octanol–water partition coefficient (Wildman–Crippen LogP) is 3.79. The summed E-state index contributed by atoms with van der Waals surface area (Å²) in [5.41, 5.74) is 2.51. The van der Waals surface area contributed by atoms with Crippen LogP contribution in [0.25, 0.3) is 16.9 Å². The minimum atomic E-state index is 0.0106. The number of hydrogen-bond acceptors (Lipinski definition) is 3. The minimum Gasteiger partial charge on any atom is -0.293 e. The highest BCUT2D eigenvalue weighted by molar-refractivity contribution is 6.30. The summed E-state index contributed by atoms with van der Waals surface area (Å²) in [5, 5.41) is 7.91. The third-order valence-electron chi connectivity index (χ3n) is 4.19. The van der Waals surface area contributed by atoms with Crippen LogP contribution in [0.15, 0.2) is 42.5 Å². The highest BCUT2D eigenvalue weighted by Gasteiger charge is 2.26. The van der Waals surface area contributed by atoms with Gasteiger partial charge in [0.05, 0.1) is 5.69 Å². The zero-order valence-corrected chi connectivity index (χ0v) is 13.1. The van der Waals surface area contributed by atoms with Crippen molar-refractivity contribution in [1.29, 1.82) is 0 Å². The summed E-state index contributed by atoms with van der Waals surface area (Å²) in [6, 6.07) is 13.3. The van der Waals surface area contributed by atoms with Gasteiger partial charge in [-0.2, -0.15) is 4.98 Å². The molecule has 0 unspecified atom stereocenters. The zero-order chi connectivity index (χ0) is 15.8. The smallest absolute Gasteiger partial charge is 0.249 e. The molecule has 116 valence electrons. The highest BCUT2D eigenvalue weighted by atomic mass is 35.5. The number of carbonyl (C=O) groups is 1. The molecule has 23 heavy (non-hydrogen) atoms. The van der Waals surface area contributed by atoms with Gasteiger partial charge in [-0.05, 0) is 37.1 Å². The lowest BCUT2D eigenvalue weighted by Gasteiger charge is -2.23. The molecule has 1 aliphatic rings.